The second kappa shape index (κ2) is 10.7. The van der Waals surface area contributed by atoms with Crippen molar-refractivity contribution < 1.29 is 19.1 Å². The fraction of sp³-hybridized carbons (Fsp3) is 0.250. The van der Waals surface area contributed by atoms with Crippen LogP contribution in [0.4, 0.5) is 22.0 Å². The number of aromatic nitrogens is 3. The van der Waals surface area contributed by atoms with Crippen LogP contribution in [-0.2, 0) is 4.74 Å². The van der Waals surface area contributed by atoms with Gasteiger partial charge in [-0.15, -0.1) is 0 Å². The predicted molar refractivity (Wildman–Crippen MR) is 144 cm³/mol. The van der Waals surface area contributed by atoms with Gasteiger partial charge in [0.05, 0.1) is 23.1 Å². The van der Waals surface area contributed by atoms with Crippen LogP contribution in [0.3, 0.4) is 0 Å². The number of hydrogen-bond donors (Lipinski definition) is 3. The maximum Gasteiger partial charge on any atom is 0.338 e. The zero-order chi connectivity index (χ0) is 26.6. The summed E-state index contributed by atoms with van der Waals surface area (Å²) < 4.78 is 7.05. The Morgan fingerprint density at radius 1 is 1.00 bits per heavy atom. The van der Waals surface area contributed by atoms with Gasteiger partial charge in [0.25, 0.3) is 0 Å². The van der Waals surface area contributed by atoms with Crippen molar-refractivity contribution in [3.63, 3.8) is 0 Å². The second-order valence-corrected chi connectivity index (χ2v) is 9.14. The number of anilines is 3. The molecule has 10 nitrogen and oxygen atoms in total. The molecule has 0 bridgehead atoms. The van der Waals surface area contributed by atoms with Crippen LogP contribution in [0, 0.1) is 0 Å². The van der Waals surface area contributed by atoms with E-state index in [0.29, 0.717) is 39.1 Å². The molecule has 1 saturated carbocycles. The number of benzene rings is 2. The molecule has 0 saturated heterocycles. The summed E-state index contributed by atoms with van der Waals surface area (Å²) in [7, 11) is 0. The van der Waals surface area contributed by atoms with Crippen molar-refractivity contribution in [1.82, 2.24) is 14.5 Å². The standard InChI is InChI=1S/C28H28N6O4/c1-2-38-27(36)18-8-6-10-20(14-18)33-28(37)32-19-9-5-7-17(13-19)24(35)22-15-34(21-11-3-4-12-21)26-23(22)25(29)30-16-31-26/h5-10,13-16,21H,2-4,11-12H2,1H3,(H2,29,30,31)(H2,32,33,37). The van der Waals surface area contributed by atoms with Gasteiger partial charge in [-0.3, -0.25) is 4.79 Å². The van der Waals surface area contributed by atoms with E-state index in [0.717, 1.165) is 25.7 Å². The molecule has 0 spiro atoms. The fourth-order valence-corrected chi connectivity index (χ4v) is 4.87. The molecule has 0 atom stereocenters. The highest BCUT2D eigenvalue weighted by Crippen LogP contribution is 2.35. The van der Waals surface area contributed by atoms with Crippen molar-refractivity contribution in [3.05, 3.63) is 77.7 Å². The lowest BCUT2D eigenvalue weighted by molar-refractivity contribution is 0.0526. The quantitative estimate of drug-likeness (QED) is 0.229. The molecule has 2 aromatic heterocycles. The molecule has 38 heavy (non-hydrogen) atoms. The molecule has 1 fully saturated rings. The van der Waals surface area contributed by atoms with Crippen molar-refractivity contribution in [2.24, 2.45) is 0 Å². The van der Waals surface area contributed by atoms with Gasteiger partial charge in [0.2, 0.25) is 0 Å². The van der Waals surface area contributed by atoms with Crippen molar-refractivity contribution in [3.8, 4) is 0 Å². The van der Waals surface area contributed by atoms with E-state index in [-0.39, 0.29) is 24.2 Å². The summed E-state index contributed by atoms with van der Waals surface area (Å²) in [6, 6.07) is 12.9. The van der Waals surface area contributed by atoms with Crippen molar-refractivity contribution in [1.29, 1.82) is 0 Å². The Bertz CT molecular complexity index is 1520. The average molecular weight is 513 g/mol. The maximum absolute atomic E-state index is 13.6. The van der Waals surface area contributed by atoms with E-state index in [2.05, 4.69) is 20.6 Å². The van der Waals surface area contributed by atoms with Crippen LogP contribution in [0.15, 0.2) is 61.1 Å². The molecule has 2 heterocycles. The van der Waals surface area contributed by atoms with Gasteiger partial charge in [0, 0.05) is 29.2 Å². The minimum absolute atomic E-state index is 0.237. The number of esters is 1. The summed E-state index contributed by atoms with van der Waals surface area (Å²) in [5, 5.41) is 5.98. The first-order valence-corrected chi connectivity index (χ1v) is 12.6. The van der Waals surface area contributed by atoms with E-state index in [1.807, 2.05) is 10.8 Å². The number of nitrogens with two attached hydrogens (primary N) is 1. The van der Waals surface area contributed by atoms with Gasteiger partial charge >= 0.3 is 12.0 Å². The number of carbonyl (C=O) groups is 3. The van der Waals surface area contributed by atoms with Gasteiger partial charge in [0.15, 0.2) is 5.78 Å². The van der Waals surface area contributed by atoms with Crippen LogP contribution in [0.25, 0.3) is 11.0 Å². The molecule has 0 unspecified atom stereocenters. The summed E-state index contributed by atoms with van der Waals surface area (Å²) in [6.45, 7) is 1.98. The zero-order valence-electron chi connectivity index (χ0n) is 20.9. The third-order valence-electron chi connectivity index (χ3n) is 6.62. The minimum atomic E-state index is -0.522. The number of amides is 2. The highest BCUT2D eigenvalue weighted by molar-refractivity contribution is 6.18. The number of nitrogens with zero attached hydrogens (tertiary/aromatic N) is 3. The normalized spacial score (nSPS) is 13.4. The predicted octanol–water partition coefficient (Wildman–Crippen LogP) is 5.18. The van der Waals surface area contributed by atoms with Crippen LogP contribution in [0.1, 0.15) is 64.9 Å². The van der Waals surface area contributed by atoms with Gasteiger partial charge in [-0.2, -0.15) is 0 Å². The number of urea groups is 1. The Labute approximate surface area is 219 Å². The van der Waals surface area contributed by atoms with Crippen molar-refractivity contribution in [2.45, 2.75) is 38.6 Å². The van der Waals surface area contributed by atoms with Gasteiger partial charge in [-0.05, 0) is 50.1 Å². The molecule has 2 amide bonds. The number of hydrogen-bond acceptors (Lipinski definition) is 7. The minimum Gasteiger partial charge on any atom is -0.462 e. The molecule has 4 N–H and O–H groups in total. The molecule has 2 aromatic carbocycles. The third kappa shape index (κ3) is 5.06. The number of nitrogen functional groups attached to an aromatic ring is 1. The zero-order valence-corrected chi connectivity index (χ0v) is 20.9. The average Bonchev–Trinajstić information content (AvgIpc) is 3.57. The molecule has 0 radical (unpaired) electrons. The Balaban J connectivity index is 1.36. The van der Waals surface area contributed by atoms with Gasteiger partial charge < -0.3 is 25.7 Å². The monoisotopic (exact) mass is 512 g/mol. The van der Waals surface area contributed by atoms with E-state index in [4.69, 9.17) is 10.5 Å². The maximum atomic E-state index is 13.6. The first-order chi connectivity index (χ1) is 18.4. The Morgan fingerprint density at radius 3 is 2.34 bits per heavy atom. The summed E-state index contributed by atoms with van der Waals surface area (Å²) in [5.74, 6) is -0.448. The highest BCUT2D eigenvalue weighted by Gasteiger charge is 2.25. The van der Waals surface area contributed by atoms with Crippen molar-refractivity contribution in [2.75, 3.05) is 23.0 Å². The largest absolute Gasteiger partial charge is 0.462 e. The third-order valence-corrected chi connectivity index (χ3v) is 6.62. The number of ether oxygens (including phenoxy) is 1. The van der Waals surface area contributed by atoms with Crippen LogP contribution in [0.5, 0.6) is 0 Å². The summed E-state index contributed by atoms with van der Waals surface area (Å²) in [6.07, 6.45) is 7.57. The summed E-state index contributed by atoms with van der Waals surface area (Å²) >= 11 is 0. The number of rotatable bonds is 7. The van der Waals surface area contributed by atoms with E-state index in [1.54, 1.807) is 49.4 Å². The van der Waals surface area contributed by atoms with Gasteiger partial charge in [-0.1, -0.05) is 31.0 Å². The first-order valence-electron chi connectivity index (χ1n) is 12.6. The molecular weight excluding hydrogens is 484 g/mol. The second-order valence-electron chi connectivity index (χ2n) is 9.14. The Hall–Kier alpha value is -4.73. The number of nitrogens with one attached hydrogen (secondary N) is 2. The first kappa shape index (κ1) is 24.9. The summed E-state index contributed by atoms with van der Waals surface area (Å²) in [4.78, 5) is 46.8. The molecule has 194 valence electrons. The van der Waals surface area contributed by atoms with E-state index in [9.17, 15) is 14.4 Å². The van der Waals surface area contributed by atoms with Crippen LogP contribution < -0.4 is 16.4 Å². The van der Waals surface area contributed by atoms with Crippen molar-refractivity contribution >= 4 is 46.0 Å². The molecule has 4 aromatic rings. The molecular formula is C28H28N6O4. The van der Waals surface area contributed by atoms with Crippen LogP contribution in [-0.4, -0.2) is 38.9 Å². The molecule has 1 aliphatic carbocycles. The molecule has 1 aliphatic rings. The lowest BCUT2D eigenvalue weighted by Crippen LogP contribution is -2.20. The van der Waals surface area contributed by atoms with Crippen LogP contribution in [0.2, 0.25) is 0 Å². The van der Waals surface area contributed by atoms with E-state index in [1.165, 1.54) is 12.4 Å². The number of carbonyl (C=O) groups excluding carboxylic acids is 3. The Morgan fingerprint density at radius 2 is 1.66 bits per heavy atom. The summed E-state index contributed by atoms with van der Waals surface area (Å²) in [5.41, 5.74) is 8.86. The van der Waals surface area contributed by atoms with E-state index >= 15 is 0 Å². The SMILES string of the molecule is CCOC(=O)c1cccc(NC(=O)Nc2cccc(C(=O)c3cn(C4CCCC4)c4ncnc(N)c34)c2)c1. The number of ketones is 1. The highest BCUT2D eigenvalue weighted by atomic mass is 16.5. The van der Waals surface area contributed by atoms with E-state index < -0.39 is 12.0 Å². The topological polar surface area (TPSA) is 141 Å². The molecule has 5 rings (SSSR count). The van der Waals surface area contributed by atoms with Crippen LogP contribution >= 0.6 is 0 Å². The molecule has 10 heteroatoms. The van der Waals surface area contributed by atoms with Gasteiger partial charge in [0.1, 0.15) is 17.8 Å². The lowest BCUT2D eigenvalue weighted by Gasteiger charge is -2.12. The smallest absolute Gasteiger partial charge is 0.338 e. The Kier molecular flexibility index (Phi) is 7.03. The lowest BCUT2D eigenvalue weighted by atomic mass is 10.0. The van der Waals surface area contributed by atoms with Gasteiger partial charge in [-0.25, -0.2) is 19.6 Å². The molecule has 0 aliphatic heterocycles. The fourth-order valence-electron chi connectivity index (χ4n) is 4.87. The number of fused-ring (bicyclic) bond motifs is 1.